The SMILES string of the molecule is C=C(CN)CN(CC1CC1)CC1CC1. The van der Waals surface area contributed by atoms with Crippen LogP contribution in [0.25, 0.3) is 0 Å². The zero-order chi connectivity index (χ0) is 9.97. The van der Waals surface area contributed by atoms with E-state index >= 15 is 0 Å². The summed E-state index contributed by atoms with van der Waals surface area (Å²) >= 11 is 0. The van der Waals surface area contributed by atoms with Crippen molar-refractivity contribution in [1.82, 2.24) is 4.90 Å². The number of nitrogens with zero attached hydrogens (tertiary/aromatic N) is 1. The van der Waals surface area contributed by atoms with Gasteiger partial charge >= 0.3 is 0 Å². The third-order valence-electron chi connectivity index (χ3n) is 3.16. The lowest BCUT2D eigenvalue weighted by Gasteiger charge is -2.22. The minimum absolute atomic E-state index is 0.645. The standard InChI is InChI=1S/C12H22N2/c1-10(6-13)7-14(8-11-2-3-11)9-12-4-5-12/h11-12H,1-9,13H2. The van der Waals surface area contributed by atoms with Crippen LogP contribution >= 0.6 is 0 Å². The van der Waals surface area contributed by atoms with E-state index in [9.17, 15) is 0 Å². The van der Waals surface area contributed by atoms with Gasteiger partial charge in [0.25, 0.3) is 0 Å². The molecule has 80 valence electrons. The Morgan fingerprint density at radius 1 is 1.14 bits per heavy atom. The molecule has 0 aromatic heterocycles. The molecule has 2 rings (SSSR count). The second-order valence-corrected chi connectivity index (χ2v) is 5.03. The Balaban J connectivity index is 1.73. The van der Waals surface area contributed by atoms with Gasteiger partial charge in [0.15, 0.2) is 0 Å². The Bertz CT molecular complexity index is 190. The molecule has 0 atom stereocenters. The molecule has 2 nitrogen and oxygen atoms in total. The Labute approximate surface area is 87.2 Å². The highest BCUT2D eigenvalue weighted by atomic mass is 15.1. The van der Waals surface area contributed by atoms with E-state index in [1.165, 1.54) is 44.3 Å². The summed E-state index contributed by atoms with van der Waals surface area (Å²) in [7, 11) is 0. The maximum Gasteiger partial charge on any atom is 0.0203 e. The van der Waals surface area contributed by atoms with Gasteiger partial charge in [-0.05, 0) is 43.1 Å². The van der Waals surface area contributed by atoms with Crippen LogP contribution in [0.2, 0.25) is 0 Å². The Kier molecular flexibility index (Phi) is 3.24. The first kappa shape index (κ1) is 10.2. The van der Waals surface area contributed by atoms with Crippen LogP contribution in [0.3, 0.4) is 0 Å². The molecule has 2 aliphatic rings. The van der Waals surface area contributed by atoms with Crippen LogP contribution in [0, 0.1) is 11.8 Å². The highest BCUT2D eigenvalue weighted by Crippen LogP contribution is 2.33. The van der Waals surface area contributed by atoms with Crippen LogP contribution in [0.5, 0.6) is 0 Å². The fourth-order valence-corrected chi connectivity index (χ4v) is 1.92. The summed E-state index contributed by atoms with van der Waals surface area (Å²) in [6, 6.07) is 0. The highest BCUT2D eigenvalue weighted by molar-refractivity contribution is 5.00. The van der Waals surface area contributed by atoms with Gasteiger partial charge in [0.1, 0.15) is 0 Å². The van der Waals surface area contributed by atoms with Crippen LogP contribution in [0.1, 0.15) is 25.7 Å². The van der Waals surface area contributed by atoms with E-state index < -0.39 is 0 Å². The van der Waals surface area contributed by atoms with E-state index in [1.54, 1.807) is 0 Å². The number of rotatable bonds is 7. The van der Waals surface area contributed by atoms with E-state index in [0.717, 1.165) is 18.4 Å². The molecule has 0 aliphatic heterocycles. The van der Waals surface area contributed by atoms with Crippen LogP contribution in [0.15, 0.2) is 12.2 Å². The lowest BCUT2D eigenvalue weighted by atomic mass is 10.2. The second-order valence-electron chi connectivity index (χ2n) is 5.03. The maximum absolute atomic E-state index is 5.59. The molecule has 0 aromatic rings. The Morgan fingerprint density at radius 3 is 2.00 bits per heavy atom. The average Bonchev–Trinajstić information content (AvgIpc) is 2.99. The van der Waals surface area contributed by atoms with Crippen molar-refractivity contribution in [2.45, 2.75) is 25.7 Å². The largest absolute Gasteiger partial charge is 0.327 e. The first-order valence-electron chi connectivity index (χ1n) is 5.87. The van der Waals surface area contributed by atoms with Crippen molar-refractivity contribution in [3.05, 3.63) is 12.2 Å². The van der Waals surface area contributed by atoms with E-state index in [0.29, 0.717) is 6.54 Å². The van der Waals surface area contributed by atoms with Crippen LogP contribution in [-0.2, 0) is 0 Å². The third kappa shape index (κ3) is 3.43. The molecule has 2 heteroatoms. The van der Waals surface area contributed by atoms with Crippen molar-refractivity contribution >= 4 is 0 Å². The molecule has 0 spiro atoms. The van der Waals surface area contributed by atoms with Crippen molar-refractivity contribution in [2.75, 3.05) is 26.2 Å². The van der Waals surface area contributed by atoms with Crippen molar-refractivity contribution in [2.24, 2.45) is 17.6 Å². The summed E-state index contributed by atoms with van der Waals surface area (Å²) in [5, 5.41) is 0. The molecule has 2 aliphatic carbocycles. The Hall–Kier alpha value is -0.340. The normalized spacial score (nSPS) is 21.6. The summed E-state index contributed by atoms with van der Waals surface area (Å²) < 4.78 is 0. The molecule has 0 saturated heterocycles. The van der Waals surface area contributed by atoms with Crippen molar-refractivity contribution in [3.8, 4) is 0 Å². The molecular weight excluding hydrogens is 172 g/mol. The predicted octanol–water partition coefficient (Wildman–Crippen LogP) is 1.62. The maximum atomic E-state index is 5.59. The highest BCUT2D eigenvalue weighted by Gasteiger charge is 2.28. The molecule has 0 aromatic carbocycles. The zero-order valence-electron chi connectivity index (χ0n) is 9.04. The Morgan fingerprint density at radius 2 is 1.64 bits per heavy atom. The van der Waals surface area contributed by atoms with Crippen molar-refractivity contribution < 1.29 is 0 Å². The minimum Gasteiger partial charge on any atom is -0.327 e. The molecule has 2 saturated carbocycles. The fraction of sp³-hybridized carbons (Fsp3) is 0.833. The van der Waals surface area contributed by atoms with Gasteiger partial charge in [-0.3, -0.25) is 4.90 Å². The van der Waals surface area contributed by atoms with Gasteiger partial charge in [-0.25, -0.2) is 0 Å². The van der Waals surface area contributed by atoms with Gasteiger partial charge in [0, 0.05) is 26.2 Å². The van der Waals surface area contributed by atoms with Gasteiger partial charge in [-0.2, -0.15) is 0 Å². The molecule has 0 unspecified atom stereocenters. The van der Waals surface area contributed by atoms with Gasteiger partial charge in [0.2, 0.25) is 0 Å². The van der Waals surface area contributed by atoms with E-state index in [1.807, 2.05) is 0 Å². The number of hydrogen-bond donors (Lipinski definition) is 1. The number of nitrogens with two attached hydrogens (primary N) is 1. The lowest BCUT2D eigenvalue weighted by Crippen LogP contribution is -2.31. The van der Waals surface area contributed by atoms with E-state index in [2.05, 4.69) is 11.5 Å². The van der Waals surface area contributed by atoms with Crippen LogP contribution in [-0.4, -0.2) is 31.1 Å². The summed E-state index contributed by atoms with van der Waals surface area (Å²) in [6.45, 7) is 8.25. The molecule has 0 radical (unpaired) electrons. The first-order valence-corrected chi connectivity index (χ1v) is 5.87. The lowest BCUT2D eigenvalue weighted by molar-refractivity contribution is 0.272. The quantitative estimate of drug-likeness (QED) is 0.624. The molecule has 14 heavy (non-hydrogen) atoms. The minimum atomic E-state index is 0.645. The first-order chi connectivity index (χ1) is 6.78. The molecular formula is C12H22N2. The molecule has 0 bridgehead atoms. The van der Waals surface area contributed by atoms with Crippen LogP contribution < -0.4 is 5.73 Å². The van der Waals surface area contributed by atoms with E-state index in [4.69, 9.17) is 5.73 Å². The van der Waals surface area contributed by atoms with Gasteiger partial charge < -0.3 is 5.73 Å². The molecule has 2 fully saturated rings. The summed E-state index contributed by atoms with van der Waals surface area (Å²) in [6.07, 6.45) is 5.76. The van der Waals surface area contributed by atoms with Crippen molar-refractivity contribution in [3.63, 3.8) is 0 Å². The molecule has 0 amide bonds. The second kappa shape index (κ2) is 4.45. The molecule has 0 heterocycles. The summed E-state index contributed by atoms with van der Waals surface area (Å²) in [4.78, 5) is 2.57. The van der Waals surface area contributed by atoms with E-state index in [-0.39, 0.29) is 0 Å². The predicted molar refractivity (Wildman–Crippen MR) is 60.1 cm³/mol. The van der Waals surface area contributed by atoms with Gasteiger partial charge in [0.05, 0.1) is 0 Å². The third-order valence-corrected chi connectivity index (χ3v) is 3.16. The van der Waals surface area contributed by atoms with Gasteiger partial charge in [-0.15, -0.1) is 0 Å². The monoisotopic (exact) mass is 194 g/mol. The number of hydrogen-bond acceptors (Lipinski definition) is 2. The average molecular weight is 194 g/mol. The van der Waals surface area contributed by atoms with Gasteiger partial charge in [-0.1, -0.05) is 6.58 Å². The zero-order valence-corrected chi connectivity index (χ0v) is 9.04. The summed E-state index contributed by atoms with van der Waals surface area (Å²) in [5.74, 6) is 1.97. The molecule has 2 N–H and O–H groups in total. The topological polar surface area (TPSA) is 29.3 Å². The summed E-state index contributed by atoms with van der Waals surface area (Å²) in [5.41, 5.74) is 6.77. The van der Waals surface area contributed by atoms with Crippen molar-refractivity contribution in [1.29, 1.82) is 0 Å². The fourth-order valence-electron chi connectivity index (χ4n) is 1.92. The van der Waals surface area contributed by atoms with Crippen LogP contribution in [0.4, 0.5) is 0 Å². The smallest absolute Gasteiger partial charge is 0.0203 e.